The van der Waals surface area contributed by atoms with Gasteiger partial charge in [0.2, 0.25) is 0 Å². The maximum atomic E-state index is 4.30. The lowest BCUT2D eigenvalue weighted by atomic mass is 10.2. The van der Waals surface area contributed by atoms with Crippen molar-refractivity contribution in [2.24, 2.45) is 0 Å². The van der Waals surface area contributed by atoms with Crippen molar-refractivity contribution in [1.82, 2.24) is 0 Å². The summed E-state index contributed by atoms with van der Waals surface area (Å²) in [6.45, 7) is 2.08. The monoisotopic (exact) mass is 334 g/mol. The molecule has 0 bridgehead atoms. The lowest BCUT2D eigenvalue weighted by molar-refractivity contribution is 1.38. The molecule has 0 saturated heterocycles. The Morgan fingerprint density at radius 1 is 0.667 bits per heavy atom. The van der Waals surface area contributed by atoms with Crippen molar-refractivity contribution in [3.63, 3.8) is 0 Å². The van der Waals surface area contributed by atoms with Crippen LogP contribution in [0.4, 0.5) is 17.1 Å². The maximum Gasteiger partial charge on any atom is 0.0435 e. The van der Waals surface area contributed by atoms with E-state index in [1.54, 1.807) is 0 Å². The van der Waals surface area contributed by atoms with Gasteiger partial charge in [-0.3, -0.25) is 0 Å². The van der Waals surface area contributed by atoms with E-state index in [1.807, 2.05) is 30.3 Å². The number of hydrogen-bond acceptors (Lipinski definition) is 2. The fourth-order valence-electron chi connectivity index (χ4n) is 2.39. The molecular formula is C21H22N2S. The Morgan fingerprint density at radius 2 is 1.21 bits per heavy atom. The lowest BCUT2D eigenvalue weighted by Gasteiger charge is -2.19. The first kappa shape index (κ1) is 16.2. The molecule has 0 saturated carbocycles. The van der Waals surface area contributed by atoms with Gasteiger partial charge in [-0.15, -0.1) is 9.39 Å². The van der Waals surface area contributed by atoms with Gasteiger partial charge in [-0.2, -0.15) is 0 Å². The summed E-state index contributed by atoms with van der Waals surface area (Å²) in [4.78, 5) is 1.14. The molecule has 0 aromatic heterocycles. The quantitative estimate of drug-likeness (QED) is 0.577. The summed E-state index contributed by atoms with van der Waals surface area (Å²) in [6, 6.07) is 26.8. The van der Waals surface area contributed by atoms with E-state index < -0.39 is 9.39 Å². The third kappa shape index (κ3) is 4.00. The van der Waals surface area contributed by atoms with Gasteiger partial charge in [0.25, 0.3) is 0 Å². The van der Waals surface area contributed by atoms with Crippen molar-refractivity contribution in [1.29, 1.82) is 0 Å². The molecule has 0 radical (unpaired) electrons. The van der Waals surface area contributed by atoms with Gasteiger partial charge in [0.05, 0.1) is 0 Å². The van der Waals surface area contributed by atoms with Gasteiger partial charge in [-0.1, -0.05) is 47.6 Å². The molecule has 2 N–H and O–H groups in total. The maximum absolute atomic E-state index is 4.30. The summed E-state index contributed by atoms with van der Waals surface area (Å²) in [5, 5.41) is 3.38. The summed E-state index contributed by atoms with van der Waals surface area (Å²) in [5.74, 6) is 8.60. The van der Waals surface area contributed by atoms with E-state index in [4.69, 9.17) is 0 Å². The van der Waals surface area contributed by atoms with Gasteiger partial charge in [-0.25, -0.2) is 0 Å². The minimum Gasteiger partial charge on any atom is -0.356 e. The highest BCUT2D eigenvalue weighted by Gasteiger charge is 2.02. The van der Waals surface area contributed by atoms with Crippen molar-refractivity contribution >= 4 is 38.2 Å². The van der Waals surface area contributed by atoms with Crippen LogP contribution in [0, 0.1) is 6.92 Å². The van der Waals surface area contributed by atoms with Crippen LogP contribution < -0.4 is 10.0 Å². The predicted molar refractivity (Wildman–Crippen MR) is 111 cm³/mol. The van der Waals surface area contributed by atoms with Gasteiger partial charge in [-0.05, 0) is 55.5 Å². The molecule has 24 heavy (non-hydrogen) atoms. The highest BCUT2D eigenvalue weighted by atomic mass is 32.2. The molecule has 2 nitrogen and oxygen atoms in total. The van der Waals surface area contributed by atoms with Crippen molar-refractivity contribution in [2.75, 3.05) is 10.0 Å². The van der Waals surface area contributed by atoms with Gasteiger partial charge in [0, 0.05) is 22.0 Å². The Kier molecular flexibility index (Phi) is 4.63. The lowest BCUT2D eigenvalue weighted by Crippen LogP contribution is -1.96. The molecule has 122 valence electrons. The van der Waals surface area contributed by atoms with Crippen LogP contribution in [0.15, 0.2) is 83.8 Å². The third-order valence-electron chi connectivity index (χ3n) is 3.73. The molecule has 0 aliphatic carbocycles. The molecule has 0 fully saturated rings. The largest absolute Gasteiger partial charge is 0.356 e. The Morgan fingerprint density at radius 3 is 1.83 bits per heavy atom. The Hall–Kier alpha value is -2.65. The van der Waals surface area contributed by atoms with Gasteiger partial charge in [0.15, 0.2) is 0 Å². The summed E-state index contributed by atoms with van der Waals surface area (Å²) in [5.41, 5.74) is 4.39. The molecule has 3 rings (SSSR count). The number of hydrogen-bond donors (Lipinski definition) is 2. The molecule has 0 aliphatic heterocycles. The predicted octanol–water partition coefficient (Wildman–Crippen LogP) is 5.79. The van der Waals surface area contributed by atoms with E-state index in [9.17, 15) is 0 Å². The standard InChI is InChI=1S/C21H22N2S/c1-17-9-15-21(16-10-17)24(2,3)23-20-13-11-19(12-14-20)22-18-7-5-4-6-8-18/h4-16,22-23H,2-3H2,1H3. The van der Waals surface area contributed by atoms with E-state index in [1.165, 1.54) is 5.56 Å². The number of nitrogens with one attached hydrogen (secondary N) is 2. The fourth-order valence-corrected chi connectivity index (χ4v) is 3.76. The first-order chi connectivity index (χ1) is 11.5. The summed E-state index contributed by atoms with van der Waals surface area (Å²) in [7, 11) is -1.57. The van der Waals surface area contributed by atoms with Crippen LogP contribution in [0.3, 0.4) is 0 Å². The van der Waals surface area contributed by atoms with Crippen LogP contribution in [0.25, 0.3) is 0 Å². The van der Waals surface area contributed by atoms with Crippen molar-refractivity contribution in [3.05, 3.63) is 84.4 Å². The average Bonchev–Trinajstić information content (AvgIpc) is 2.58. The second-order valence-electron chi connectivity index (χ2n) is 5.87. The highest BCUT2D eigenvalue weighted by Crippen LogP contribution is 2.33. The third-order valence-corrected chi connectivity index (χ3v) is 5.53. The minimum atomic E-state index is -1.57. The second kappa shape index (κ2) is 6.85. The zero-order chi connectivity index (χ0) is 17.0. The van der Waals surface area contributed by atoms with Crippen LogP contribution in [-0.4, -0.2) is 11.7 Å². The summed E-state index contributed by atoms with van der Waals surface area (Å²) >= 11 is 0. The normalized spacial score (nSPS) is 11.0. The van der Waals surface area contributed by atoms with E-state index >= 15 is 0 Å². The number of anilines is 3. The molecule has 3 aromatic carbocycles. The van der Waals surface area contributed by atoms with Gasteiger partial charge >= 0.3 is 0 Å². The van der Waals surface area contributed by atoms with Gasteiger partial charge in [0.1, 0.15) is 0 Å². The highest BCUT2D eigenvalue weighted by molar-refractivity contribution is 8.28. The second-order valence-corrected chi connectivity index (χ2v) is 8.31. The minimum absolute atomic E-state index is 1.02. The first-order valence-corrected chi connectivity index (χ1v) is 9.76. The number of benzene rings is 3. The fraction of sp³-hybridized carbons (Fsp3) is 0.0476. The number of aryl methyl sites for hydroxylation is 1. The molecule has 0 spiro atoms. The first-order valence-electron chi connectivity index (χ1n) is 7.79. The average molecular weight is 334 g/mol. The molecule has 0 atom stereocenters. The van der Waals surface area contributed by atoms with Gasteiger partial charge < -0.3 is 10.0 Å². The van der Waals surface area contributed by atoms with E-state index in [0.29, 0.717) is 0 Å². The molecule has 0 amide bonds. The molecule has 3 aromatic rings. The van der Waals surface area contributed by atoms with Crippen molar-refractivity contribution in [2.45, 2.75) is 11.8 Å². The van der Waals surface area contributed by atoms with Crippen LogP contribution in [0.5, 0.6) is 0 Å². The SMILES string of the molecule is C=S(=C)(Nc1ccc(Nc2ccccc2)cc1)c1ccc(C)cc1. The molecule has 0 aliphatic rings. The van der Waals surface area contributed by atoms with Crippen molar-refractivity contribution in [3.8, 4) is 0 Å². The Labute approximate surface area is 144 Å². The van der Waals surface area contributed by atoms with Crippen LogP contribution >= 0.6 is 9.39 Å². The zero-order valence-electron chi connectivity index (χ0n) is 13.8. The molecule has 0 unspecified atom stereocenters. The summed E-state index contributed by atoms with van der Waals surface area (Å²) < 4.78 is 3.48. The molecule has 3 heteroatoms. The Bertz CT molecular complexity index is 894. The van der Waals surface area contributed by atoms with Crippen LogP contribution in [-0.2, 0) is 0 Å². The number of para-hydroxylation sites is 1. The van der Waals surface area contributed by atoms with E-state index in [2.05, 4.69) is 77.2 Å². The molecule has 0 heterocycles. The van der Waals surface area contributed by atoms with Crippen molar-refractivity contribution < 1.29 is 0 Å². The zero-order valence-corrected chi connectivity index (χ0v) is 14.6. The van der Waals surface area contributed by atoms with Crippen LogP contribution in [0.2, 0.25) is 0 Å². The summed E-state index contributed by atoms with van der Waals surface area (Å²) in [6.07, 6.45) is 0. The Balaban J connectivity index is 1.73. The molecular weight excluding hydrogens is 312 g/mol. The van der Waals surface area contributed by atoms with E-state index in [0.717, 1.165) is 22.0 Å². The van der Waals surface area contributed by atoms with E-state index in [-0.39, 0.29) is 0 Å². The number of rotatable bonds is 5. The topological polar surface area (TPSA) is 24.1 Å². The smallest absolute Gasteiger partial charge is 0.0435 e. The van der Waals surface area contributed by atoms with Crippen LogP contribution in [0.1, 0.15) is 5.56 Å².